The van der Waals surface area contributed by atoms with Crippen LogP contribution in [-0.4, -0.2) is 29.4 Å². The van der Waals surface area contributed by atoms with Gasteiger partial charge in [-0.15, -0.1) is 0 Å². The first kappa shape index (κ1) is 14.9. The average Bonchev–Trinajstić information content (AvgIpc) is 2.55. The Morgan fingerprint density at radius 2 is 1.52 bits per heavy atom. The number of carbonyl (C=O) groups excluding carboxylic acids is 2. The Labute approximate surface area is 123 Å². The number of nitrogens with one attached hydrogen (secondary N) is 1. The molecule has 4 heteroatoms. The van der Waals surface area contributed by atoms with Crippen LogP contribution in [0.3, 0.4) is 0 Å². The number of Topliss-reactive ketones (excluding diaryl/α,β-unsaturated/α-hetero) is 1. The summed E-state index contributed by atoms with van der Waals surface area (Å²) in [5.41, 5.74) is 1.42. The lowest BCUT2D eigenvalue weighted by molar-refractivity contribution is -0.123. The van der Waals surface area contributed by atoms with E-state index in [4.69, 9.17) is 5.11 Å². The Bertz CT molecular complexity index is 596. The molecule has 21 heavy (non-hydrogen) atoms. The van der Waals surface area contributed by atoms with Gasteiger partial charge in [-0.1, -0.05) is 48.5 Å². The number of benzene rings is 2. The summed E-state index contributed by atoms with van der Waals surface area (Å²) >= 11 is 0. The molecule has 0 aliphatic carbocycles. The van der Waals surface area contributed by atoms with Crippen LogP contribution in [0, 0.1) is 0 Å². The second kappa shape index (κ2) is 7.36. The van der Waals surface area contributed by atoms with E-state index in [0.717, 1.165) is 5.56 Å². The summed E-state index contributed by atoms with van der Waals surface area (Å²) in [7, 11) is 0. The van der Waals surface area contributed by atoms with Crippen LogP contribution in [0.15, 0.2) is 60.7 Å². The maximum absolute atomic E-state index is 12.1. The molecular formula is C17H17NO3. The average molecular weight is 283 g/mol. The lowest BCUT2D eigenvalue weighted by Crippen LogP contribution is -2.43. The first-order valence-corrected chi connectivity index (χ1v) is 6.74. The lowest BCUT2D eigenvalue weighted by atomic mass is 10.0. The molecule has 2 N–H and O–H groups in total. The molecule has 0 radical (unpaired) electrons. The topological polar surface area (TPSA) is 66.4 Å². The minimum absolute atomic E-state index is 0.321. The lowest BCUT2D eigenvalue weighted by Gasteiger charge is -2.17. The molecule has 0 saturated heterocycles. The van der Waals surface area contributed by atoms with Crippen molar-refractivity contribution in [1.82, 2.24) is 5.32 Å². The van der Waals surface area contributed by atoms with Crippen molar-refractivity contribution in [2.75, 3.05) is 6.61 Å². The summed E-state index contributed by atoms with van der Waals surface area (Å²) in [6, 6.07) is 17.3. The van der Waals surface area contributed by atoms with E-state index in [-0.39, 0.29) is 5.91 Å². The SMILES string of the molecule is O=C(NC(Cc1ccccc1)C(=O)CO)c1ccccc1. The van der Waals surface area contributed by atoms with Gasteiger partial charge in [0.2, 0.25) is 0 Å². The molecule has 0 saturated carbocycles. The molecule has 2 aromatic carbocycles. The zero-order valence-electron chi connectivity index (χ0n) is 11.5. The molecule has 2 rings (SSSR count). The molecule has 1 atom stereocenters. The van der Waals surface area contributed by atoms with Crippen molar-refractivity contribution in [1.29, 1.82) is 0 Å². The highest BCUT2D eigenvalue weighted by atomic mass is 16.3. The number of hydrogen-bond acceptors (Lipinski definition) is 3. The van der Waals surface area contributed by atoms with Gasteiger partial charge in [0, 0.05) is 5.56 Å². The van der Waals surface area contributed by atoms with E-state index in [1.165, 1.54) is 0 Å². The van der Waals surface area contributed by atoms with E-state index in [0.29, 0.717) is 12.0 Å². The van der Waals surface area contributed by atoms with Gasteiger partial charge >= 0.3 is 0 Å². The molecule has 0 aliphatic rings. The minimum atomic E-state index is -0.731. The number of rotatable bonds is 6. The number of ketones is 1. The molecular weight excluding hydrogens is 266 g/mol. The molecule has 108 valence electrons. The predicted molar refractivity (Wildman–Crippen MR) is 79.9 cm³/mol. The van der Waals surface area contributed by atoms with E-state index < -0.39 is 18.4 Å². The fourth-order valence-electron chi connectivity index (χ4n) is 2.04. The quantitative estimate of drug-likeness (QED) is 0.846. The number of aliphatic hydroxyl groups excluding tert-OH is 1. The molecule has 1 unspecified atom stereocenters. The van der Waals surface area contributed by atoms with Gasteiger partial charge in [-0.25, -0.2) is 0 Å². The summed E-state index contributed by atoms with van der Waals surface area (Å²) in [5.74, 6) is -0.721. The summed E-state index contributed by atoms with van der Waals surface area (Å²) in [4.78, 5) is 23.9. The van der Waals surface area contributed by atoms with Gasteiger partial charge in [0.15, 0.2) is 5.78 Å². The third-order valence-electron chi connectivity index (χ3n) is 3.17. The van der Waals surface area contributed by atoms with E-state index in [1.807, 2.05) is 36.4 Å². The van der Waals surface area contributed by atoms with Gasteiger partial charge in [0.25, 0.3) is 5.91 Å². The fraction of sp³-hybridized carbons (Fsp3) is 0.176. The van der Waals surface area contributed by atoms with Crippen LogP contribution in [0.2, 0.25) is 0 Å². The van der Waals surface area contributed by atoms with Crippen LogP contribution in [0.25, 0.3) is 0 Å². The Balaban J connectivity index is 2.10. The van der Waals surface area contributed by atoms with Crippen LogP contribution in [0.1, 0.15) is 15.9 Å². The van der Waals surface area contributed by atoms with Crippen molar-refractivity contribution in [2.24, 2.45) is 0 Å². The fourth-order valence-corrected chi connectivity index (χ4v) is 2.04. The Kier molecular flexibility index (Phi) is 5.23. The minimum Gasteiger partial charge on any atom is -0.389 e. The molecule has 0 heterocycles. The molecule has 0 aliphatic heterocycles. The third kappa shape index (κ3) is 4.26. The first-order valence-electron chi connectivity index (χ1n) is 6.74. The zero-order valence-corrected chi connectivity index (χ0v) is 11.5. The molecule has 0 aromatic heterocycles. The molecule has 0 spiro atoms. The highest BCUT2D eigenvalue weighted by Gasteiger charge is 2.20. The van der Waals surface area contributed by atoms with Crippen molar-refractivity contribution in [3.05, 3.63) is 71.8 Å². The number of hydrogen-bond donors (Lipinski definition) is 2. The normalized spacial score (nSPS) is 11.7. The summed E-state index contributed by atoms with van der Waals surface area (Å²) in [5, 5.41) is 11.7. The molecule has 1 amide bonds. The standard InChI is InChI=1S/C17H17NO3/c19-12-16(20)15(11-13-7-3-1-4-8-13)18-17(21)14-9-5-2-6-10-14/h1-10,15,19H,11-12H2,(H,18,21). The van der Waals surface area contributed by atoms with Gasteiger partial charge in [0.1, 0.15) is 6.61 Å². The Hall–Kier alpha value is -2.46. The Morgan fingerprint density at radius 3 is 2.10 bits per heavy atom. The predicted octanol–water partition coefficient (Wildman–Crippen LogP) is 1.59. The van der Waals surface area contributed by atoms with Gasteiger partial charge in [-0.3, -0.25) is 9.59 Å². The van der Waals surface area contributed by atoms with Gasteiger partial charge < -0.3 is 10.4 Å². The zero-order chi connectivity index (χ0) is 15.1. The van der Waals surface area contributed by atoms with Crippen LogP contribution in [0.5, 0.6) is 0 Å². The second-order valence-electron chi connectivity index (χ2n) is 4.71. The van der Waals surface area contributed by atoms with Gasteiger partial charge in [-0.2, -0.15) is 0 Å². The number of aliphatic hydroxyl groups is 1. The Morgan fingerprint density at radius 1 is 0.952 bits per heavy atom. The van der Waals surface area contributed by atoms with Crippen molar-refractivity contribution in [3.8, 4) is 0 Å². The van der Waals surface area contributed by atoms with Gasteiger partial charge in [0.05, 0.1) is 6.04 Å². The third-order valence-corrected chi connectivity index (χ3v) is 3.17. The van der Waals surface area contributed by atoms with Crippen LogP contribution in [0.4, 0.5) is 0 Å². The van der Waals surface area contributed by atoms with Crippen molar-refractivity contribution < 1.29 is 14.7 Å². The maximum atomic E-state index is 12.1. The van der Waals surface area contributed by atoms with Crippen molar-refractivity contribution in [3.63, 3.8) is 0 Å². The second-order valence-corrected chi connectivity index (χ2v) is 4.71. The van der Waals surface area contributed by atoms with E-state index in [2.05, 4.69) is 5.32 Å². The summed E-state index contributed by atoms with van der Waals surface area (Å²) < 4.78 is 0. The van der Waals surface area contributed by atoms with Crippen molar-refractivity contribution in [2.45, 2.75) is 12.5 Å². The first-order chi connectivity index (χ1) is 10.2. The molecule has 0 bridgehead atoms. The maximum Gasteiger partial charge on any atom is 0.251 e. The van der Waals surface area contributed by atoms with E-state index in [9.17, 15) is 9.59 Å². The van der Waals surface area contributed by atoms with E-state index in [1.54, 1.807) is 24.3 Å². The van der Waals surface area contributed by atoms with Crippen LogP contribution < -0.4 is 5.32 Å². The molecule has 0 fully saturated rings. The van der Waals surface area contributed by atoms with Crippen molar-refractivity contribution >= 4 is 11.7 Å². The summed E-state index contributed by atoms with van der Waals surface area (Å²) in [6.07, 6.45) is 0.360. The highest BCUT2D eigenvalue weighted by molar-refractivity contribution is 5.98. The van der Waals surface area contributed by atoms with E-state index >= 15 is 0 Å². The monoisotopic (exact) mass is 283 g/mol. The smallest absolute Gasteiger partial charge is 0.251 e. The van der Waals surface area contributed by atoms with Crippen LogP contribution in [-0.2, 0) is 11.2 Å². The highest BCUT2D eigenvalue weighted by Crippen LogP contribution is 2.06. The number of carbonyl (C=O) groups is 2. The van der Waals surface area contributed by atoms with Crippen LogP contribution >= 0.6 is 0 Å². The largest absolute Gasteiger partial charge is 0.389 e. The number of amides is 1. The molecule has 2 aromatic rings. The van der Waals surface area contributed by atoms with Gasteiger partial charge in [-0.05, 0) is 24.1 Å². The molecule has 4 nitrogen and oxygen atoms in total. The summed E-state index contributed by atoms with van der Waals surface area (Å²) in [6.45, 7) is -0.591.